The van der Waals surface area contributed by atoms with Crippen LogP contribution < -0.4 is 11.1 Å². The van der Waals surface area contributed by atoms with Crippen LogP contribution in [0.2, 0.25) is 5.02 Å². The van der Waals surface area contributed by atoms with Crippen LogP contribution in [0.5, 0.6) is 0 Å². The zero-order chi connectivity index (χ0) is 11.7. The van der Waals surface area contributed by atoms with E-state index < -0.39 is 0 Å². The summed E-state index contributed by atoms with van der Waals surface area (Å²) in [6.07, 6.45) is 0. The van der Waals surface area contributed by atoms with Gasteiger partial charge in [-0.05, 0) is 24.3 Å². The molecule has 5 heteroatoms. The number of hydrogen-bond acceptors (Lipinski definition) is 2. The fourth-order valence-electron chi connectivity index (χ4n) is 1.45. The lowest BCUT2D eigenvalue weighted by molar-refractivity contribution is 0.593. The van der Waals surface area contributed by atoms with Crippen molar-refractivity contribution in [2.45, 2.75) is 0 Å². The molecule has 0 aliphatic rings. The Morgan fingerprint density at radius 2 is 1.50 bits per heavy atom. The van der Waals surface area contributed by atoms with E-state index in [4.69, 9.17) is 11.6 Å². The maximum Gasteiger partial charge on any atom is 0.270 e. The lowest BCUT2D eigenvalue weighted by Gasteiger charge is -2.10. The Balaban J connectivity index is 2.73. The Labute approximate surface area is 96.3 Å². The Morgan fingerprint density at radius 1 is 0.938 bits per heavy atom. The summed E-state index contributed by atoms with van der Waals surface area (Å²) >= 11 is 5.75. The van der Waals surface area contributed by atoms with Gasteiger partial charge in [-0.2, -0.15) is 0 Å². The first-order valence-electron chi connectivity index (χ1n) is 4.65. The predicted molar refractivity (Wildman–Crippen MR) is 62.3 cm³/mol. The molecule has 4 nitrogen and oxygen atoms in total. The topological polar surface area (TPSA) is 44.0 Å². The molecule has 0 N–H and O–H groups in total. The van der Waals surface area contributed by atoms with Gasteiger partial charge in [-0.15, -0.1) is 0 Å². The molecule has 16 heavy (non-hydrogen) atoms. The number of hydrogen-bond donors (Lipinski definition) is 0. The van der Waals surface area contributed by atoms with Gasteiger partial charge in [-0.25, -0.2) is 9.36 Å². The highest BCUT2D eigenvalue weighted by molar-refractivity contribution is 6.30. The Kier molecular flexibility index (Phi) is 2.66. The third kappa shape index (κ3) is 1.79. The lowest BCUT2D eigenvalue weighted by atomic mass is 10.3. The second kappa shape index (κ2) is 3.98. The molecule has 0 aliphatic carbocycles. The third-order valence-electron chi connectivity index (χ3n) is 2.27. The van der Waals surface area contributed by atoms with Gasteiger partial charge in [-0.1, -0.05) is 11.6 Å². The minimum atomic E-state index is -0.260. The van der Waals surface area contributed by atoms with Gasteiger partial charge in [-0.3, -0.25) is 9.59 Å². The van der Waals surface area contributed by atoms with Crippen molar-refractivity contribution in [3.05, 3.63) is 62.1 Å². The fourth-order valence-corrected chi connectivity index (χ4v) is 1.58. The van der Waals surface area contributed by atoms with Gasteiger partial charge in [0, 0.05) is 24.2 Å². The molecule has 0 saturated heterocycles. The molecule has 0 bridgehead atoms. The van der Waals surface area contributed by atoms with Crippen molar-refractivity contribution in [1.29, 1.82) is 0 Å². The Bertz CT molecular complexity index is 626. The summed E-state index contributed by atoms with van der Waals surface area (Å²) in [6.45, 7) is 0. The van der Waals surface area contributed by atoms with Gasteiger partial charge in [0.05, 0.1) is 5.69 Å². The smallest absolute Gasteiger partial charge is 0.268 e. The van der Waals surface area contributed by atoms with Crippen molar-refractivity contribution in [1.82, 2.24) is 9.36 Å². The van der Waals surface area contributed by atoms with E-state index in [0.717, 1.165) is 0 Å². The highest BCUT2D eigenvalue weighted by atomic mass is 35.5. The molecule has 1 heterocycles. The molecule has 0 atom stereocenters. The Hall–Kier alpha value is -1.81. The minimum absolute atomic E-state index is 0.241. The molecule has 0 aliphatic heterocycles. The first-order valence-corrected chi connectivity index (χ1v) is 5.03. The summed E-state index contributed by atoms with van der Waals surface area (Å²) in [5.41, 5.74) is 0.105. The van der Waals surface area contributed by atoms with Crippen LogP contribution >= 0.6 is 11.6 Å². The summed E-state index contributed by atoms with van der Waals surface area (Å²) in [5.74, 6) is 0. The van der Waals surface area contributed by atoms with E-state index in [1.807, 2.05) is 0 Å². The predicted octanol–water partition coefficient (Wildman–Crippen LogP) is 1.19. The molecular formula is C11H9ClN2O2. The molecule has 0 fully saturated rings. The van der Waals surface area contributed by atoms with Crippen molar-refractivity contribution in [3.8, 4) is 5.69 Å². The molecule has 0 spiro atoms. The van der Waals surface area contributed by atoms with E-state index in [1.165, 1.54) is 21.5 Å². The van der Waals surface area contributed by atoms with Crippen molar-refractivity contribution in [2.24, 2.45) is 7.05 Å². The van der Waals surface area contributed by atoms with Crippen molar-refractivity contribution < 1.29 is 0 Å². The maximum absolute atomic E-state index is 11.6. The zero-order valence-electron chi connectivity index (χ0n) is 8.55. The van der Waals surface area contributed by atoms with Crippen molar-refractivity contribution in [3.63, 3.8) is 0 Å². The normalized spacial score (nSPS) is 10.4. The highest BCUT2D eigenvalue weighted by Gasteiger charge is 2.03. The first kappa shape index (κ1) is 10.7. The summed E-state index contributed by atoms with van der Waals surface area (Å²) in [7, 11) is 1.54. The summed E-state index contributed by atoms with van der Waals surface area (Å²) in [4.78, 5) is 23.1. The third-order valence-corrected chi connectivity index (χ3v) is 2.52. The second-order valence-electron chi connectivity index (χ2n) is 3.32. The molecule has 0 saturated carbocycles. The minimum Gasteiger partial charge on any atom is -0.268 e. The van der Waals surface area contributed by atoms with Gasteiger partial charge in [0.1, 0.15) is 0 Å². The first-order chi connectivity index (χ1) is 7.59. The van der Waals surface area contributed by atoms with E-state index in [1.54, 1.807) is 31.3 Å². The largest absolute Gasteiger partial charge is 0.270 e. The van der Waals surface area contributed by atoms with E-state index in [-0.39, 0.29) is 11.1 Å². The van der Waals surface area contributed by atoms with Crippen molar-refractivity contribution in [2.75, 3.05) is 0 Å². The van der Waals surface area contributed by atoms with Crippen LogP contribution in [0.25, 0.3) is 5.69 Å². The van der Waals surface area contributed by atoms with Crippen LogP contribution in [0, 0.1) is 0 Å². The average molecular weight is 237 g/mol. The molecule has 2 rings (SSSR count). The summed E-state index contributed by atoms with van der Waals surface area (Å²) in [5, 5.41) is 0.581. The van der Waals surface area contributed by atoms with Gasteiger partial charge in [0.2, 0.25) is 0 Å². The fraction of sp³-hybridized carbons (Fsp3) is 0.0909. The van der Waals surface area contributed by atoms with Crippen LogP contribution in [0.15, 0.2) is 46.0 Å². The van der Waals surface area contributed by atoms with E-state index in [2.05, 4.69) is 0 Å². The van der Waals surface area contributed by atoms with Crippen LogP contribution in [0.1, 0.15) is 0 Å². The monoisotopic (exact) mass is 236 g/mol. The van der Waals surface area contributed by atoms with Crippen LogP contribution in [0.3, 0.4) is 0 Å². The van der Waals surface area contributed by atoms with Crippen LogP contribution in [-0.4, -0.2) is 9.36 Å². The molecule has 0 amide bonds. The summed E-state index contributed by atoms with van der Waals surface area (Å²) in [6, 6.07) is 9.19. The number of nitrogens with zero attached hydrogens (tertiary/aromatic N) is 2. The standard InChI is InChI=1S/C11H9ClN2O2/c1-13-10(15)6-7-11(16)14(13)9-4-2-8(12)3-5-9/h2-7H,1H3. The molecule has 0 radical (unpaired) electrons. The molecule has 82 valence electrons. The quantitative estimate of drug-likeness (QED) is 0.747. The van der Waals surface area contributed by atoms with Crippen molar-refractivity contribution >= 4 is 11.6 Å². The SMILES string of the molecule is Cn1c(=O)ccc(=O)n1-c1ccc(Cl)cc1. The maximum atomic E-state index is 11.6. The second-order valence-corrected chi connectivity index (χ2v) is 3.76. The van der Waals surface area contributed by atoms with Gasteiger partial charge < -0.3 is 0 Å². The van der Waals surface area contributed by atoms with E-state index in [9.17, 15) is 9.59 Å². The van der Waals surface area contributed by atoms with Gasteiger partial charge in [0.25, 0.3) is 11.1 Å². The van der Waals surface area contributed by atoms with Gasteiger partial charge in [0.15, 0.2) is 0 Å². The summed E-state index contributed by atoms with van der Waals surface area (Å²) < 4.78 is 2.55. The van der Waals surface area contributed by atoms with E-state index >= 15 is 0 Å². The number of rotatable bonds is 1. The molecule has 1 aromatic heterocycles. The highest BCUT2D eigenvalue weighted by Crippen LogP contribution is 2.10. The number of halogens is 1. The van der Waals surface area contributed by atoms with Crippen LogP contribution in [0.4, 0.5) is 0 Å². The van der Waals surface area contributed by atoms with Crippen LogP contribution in [-0.2, 0) is 7.05 Å². The lowest BCUT2D eigenvalue weighted by Crippen LogP contribution is -2.34. The molecule has 2 aromatic rings. The number of aromatic nitrogens is 2. The van der Waals surface area contributed by atoms with Gasteiger partial charge >= 0.3 is 0 Å². The van der Waals surface area contributed by atoms with E-state index in [0.29, 0.717) is 10.7 Å². The molecule has 1 aromatic carbocycles. The zero-order valence-corrected chi connectivity index (χ0v) is 9.31. The molecular weight excluding hydrogens is 228 g/mol. The number of benzene rings is 1. The average Bonchev–Trinajstić information content (AvgIpc) is 2.27. The molecule has 0 unspecified atom stereocenters. The Morgan fingerprint density at radius 3 is 2.12 bits per heavy atom.